The molecule has 0 bridgehead atoms. The van der Waals surface area contributed by atoms with Crippen LogP contribution in [0.4, 0.5) is 5.82 Å². The Labute approximate surface area is 217 Å². The molecule has 4 rings (SSSR count). The fourth-order valence-electron chi connectivity index (χ4n) is 3.80. The van der Waals surface area contributed by atoms with Crippen LogP contribution >= 0.6 is 35.6 Å². The van der Waals surface area contributed by atoms with E-state index in [1.807, 2.05) is 54.6 Å². The Morgan fingerprint density at radius 3 is 2.51 bits per heavy atom. The summed E-state index contributed by atoms with van der Waals surface area (Å²) in [7, 11) is 1.59. The number of nitrogens with zero attached hydrogens (tertiary/aromatic N) is 3. The topological polar surface area (TPSA) is 78.1 Å². The van der Waals surface area contributed by atoms with Gasteiger partial charge < -0.3 is 5.32 Å². The Balaban J connectivity index is 1.74. The van der Waals surface area contributed by atoms with Gasteiger partial charge in [0.15, 0.2) is 0 Å². The lowest BCUT2D eigenvalue weighted by Crippen LogP contribution is -2.27. The first-order valence-electron chi connectivity index (χ1n) is 10.7. The van der Waals surface area contributed by atoms with Crippen molar-refractivity contribution in [2.75, 3.05) is 5.32 Å². The molecule has 0 aliphatic carbocycles. The third-order valence-electron chi connectivity index (χ3n) is 5.74. The molecule has 9 heteroatoms. The van der Waals surface area contributed by atoms with Gasteiger partial charge in [0.2, 0.25) is 0 Å². The first-order valence-corrected chi connectivity index (χ1v) is 12.3. The van der Waals surface area contributed by atoms with Crippen LogP contribution in [0.2, 0.25) is 5.02 Å². The summed E-state index contributed by atoms with van der Waals surface area (Å²) >= 11 is 13.0. The first-order chi connectivity index (χ1) is 16.8. The third-order valence-corrected chi connectivity index (χ3v) is 7.48. The number of nitriles is 1. The largest absolute Gasteiger partial charge is 0.367 e. The molecule has 1 amide bonds. The smallest absolute Gasteiger partial charge is 0.270 e. The van der Waals surface area contributed by atoms with Gasteiger partial charge in [0.25, 0.3) is 11.5 Å². The van der Waals surface area contributed by atoms with E-state index in [9.17, 15) is 14.9 Å². The van der Waals surface area contributed by atoms with Crippen LogP contribution in [0.3, 0.4) is 0 Å². The molecule has 0 radical (unpaired) electrons. The van der Waals surface area contributed by atoms with Crippen molar-refractivity contribution >= 4 is 57.7 Å². The Bertz CT molecular complexity index is 1460. The first kappa shape index (κ1) is 24.7. The maximum Gasteiger partial charge on any atom is 0.270 e. The van der Waals surface area contributed by atoms with Gasteiger partial charge in [-0.15, -0.1) is 0 Å². The molecule has 1 fully saturated rings. The highest BCUT2D eigenvalue weighted by Gasteiger charge is 2.32. The minimum atomic E-state index is -0.416. The second-order valence-corrected chi connectivity index (χ2v) is 10.0. The second-order valence-electron chi connectivity index (χ2n) is 7.94. The van der Waals surface area contributed by atoms with Gasteiger partial charge in [-0.1, -0.05) is 84.1 Å². The molecule has 176 valence electrons. The van der Waals surface area contributed by atoms with E-state index in [0.29, 0.717) is 44.3 Å². The van der Waals surface area contributed by atoms with Crippen LogP contribution < -0.4 is 10.9 Å². The fourth-order valence-corrected chi connectivity index (χ4v) is 5.24. The molecule has 3 aromatic rings. The average molecular weight is 521 g/mol. The van der Waals surface area contributed by atoms with Gasteiger partial charge in [0, 0.05) is 24.2 Å². The minimum absolute atomic E-state index is 0.0295. The van der Waals surface area contributed by atoms with E-state index in [0.717, 1.165) is 11.1 Å². The minimum Gasteiger partial charge on any atom is -0.367 e. The molecule has 0 saturated carbocycles. The van der Waals surface area contributed by atoms with E-state index in [1.54, 1.807) is 31.0 Å². The zero-order chi connectivity index (χ0) is 25.1. The van der Waals surface area contributed by atoms with Crippen LogP contribution in [0.1, 0.15) is 27.8 Å². The monoisotopic (exact) mass is 520 g/mol. The number of anilines is 1. The summed E-state index contributed by atoms with van der Waals surface area (Å²) in [6, 6.07) is 19.0. The van der Waals surface area contributed by atoms with Crippen molar-refractivity contribution in [3.8, 4) is 6.07 Å². The average Bonchev–Trinajstić information content (AvgIpc) is 3.11. The predicted molar refractivity (Wildman–Crippen MR) is 145 cm³/mol. The van der Waals surface area contributed by atoms with Crippen molar-refractivity contribution in [2.24, 2.45) is 7.05 Å². The van der Waals surface area contributed by atoms with Crippen molar-refractivity contribution in [1.29, 1.82) is 5.26 Å². The SMILES string of the molecule is Cc1c(/C=C2/SC(=S)N(Cc3ccccc3)C2=O)c(NCc2ccccc2Cl)n(C)c(=O)c1C#N. The van der Waals surface area contributed by atoms with Crippen molar-refractivity contribution in [3.63, 3.8) is 0 Å². The van der Waals surface area contributed by atoms with E-state index in [4.69, 9.17) is 23.8 Å². The van der Waals surface area contributed by atoms with E-state index >= 15 is 0 Å². The number of thiocarbonyl (C=S) groups is 1. The molecule has 1 aliphatic rings. The van der Waals surface area contributed by atoms with Crippen molar-refractivity contribution in [3.05, 3.63) is 103 Å². The summed E-state index contributed by atoms with van der Waals surface area (Å²) in [5, 5.41) is 13.5. The standard InChI is InChI=1S/C26H21ClN4O2S2/c1-16-19(12-22-25(33)31(26(34)35-22)15-17-8-4-3-5-9-17)23(30(2)24(32)20(16)13-28)29-14-18-10-6-7-11-21(18)27/h3-12,29H,14-15H2,1-2H3/b22-12+. The number of carbonyl (C=O) groups is 1. The molecule has 0 atom stereocenters. The Morgan fingerprint density at radius 1 is 1.14 bits per heavy atom. The number of hydrogen-bond donors (Lipinski definition) is 1. The van der Waals surface area contributed by atoms with Crippen molar-refractivity contribution in [1.82, 2.24) is 9.47 Å². The van der Waals surface area contributed by atoms with Gasteiger partial charge in [0.05, 0.1) is 11.4 Å². The lowest BCUT2D eigenvalue weighted by Gasteiger charge is -2.18. The number of pyridine rings is 1. The quantitative estimate of drug-likeness (QED) is 0.354. The van der Waals surface area contributed by atoms with E-state index in [2.05, 4.69) is 5.32 Å². The maximum absolute atomic E-state index is 13.3. The van der Waals surface area contributed by atoms with Gasteiger partial charge in [-0.25, -0.2) is 0 Å². The Hall–Kier alpha value is -3.38. The zero-order valence-electron chi connectivity index (χ0n) is 19.0. The number of halogens is 1. The predicted octanol–water partition coefficient (Wildman–Crippen LogP) is 5.23. The molecular formula is C26H21ClN4O2S2. The van der Waals surface area contributed by atoms with Gasteiger partial charge in [0.1, 0.15) is 21.8 Å². The van der Waals surface area contributed by atoms with Crippen LogP contribution in [0, 0.1) is 18.3 Å². The highest BCUT2D eigenvalue weighted by atomic mass is 35.5. The Morgan fingerprint density at radius 2 is 1.83 bits per heavy atom. The van der Waals surface area contributed by atoms with Gasteiger partial charge >= 0.3 is 0 Å². The van der Waals surface area contributed by atoms with Crippen molar-refractivity contribution in [2.45, 2.75) is 20.0 Å². The zero-order valence-corrected chi connectivity index (χ0v) is 21.4. The molecule has 1 N–H and O–H groups in total. The fraction of sp³-hybridized carbons (Fsp3) is 0.154. The van der Waals surface area contributed by atoms with Crippen LogP contribution in [-0.4, -0.2) is 19.7 Å². The van der Waals surface area contributed by atoms with Gasteiger partial charge in [-0.05, 0) is 35.8 Å². The molecule has 35 heavy (non-hydrogen) atoms. The van der Waals surface area contributed by atoms with Crippen LogP contribution in [0.15, 0.2) is 64.3 Å². The molecule has 1 saturated heterocycles. The number of hydrogen-bond acceptors (Lipinski definition) is 6. The molecule has 2 heterocycles. The second kappa shape index (κ2) is 10.5. The highest BCUT2D eigenvalue weighted by molar-refractivity contribution is 8.26. The number of thioether (sulfide) groups is 1. The van der Waals surface area contributed by atoms with Gasteiger partial charge in [-0.2, -0.15) is 5.26 Å². The molecule has 1 aromatic heterocycles. The number of amides is 1. The summed E-state index contributed by atoms with van der Waals surface area (Å²) in [6.45, 7) is 2.43. The van der Waals surface area contributed by atoms with Crippen LogP contribution in [0.5, 0.6) is 0 Å². The molecule has 2 aromatic carbocycles. The number of rotatable bonds is 6. The highest BCUT2D eigenvalue weighted by Crippen LogP contribution is 2.35. The Kier molecular flexibility index (Phi) is 7.41. The molecule has 0 spiro atoms. The molecular weight excluding hydrogens is 500 g/mol. The van der Waals surface area contributed by atoms with Crippen LogP contribution in [0.25, 0.3) is 6.08 Å². The summed E-state index contributed by atoms with van der Waals surface area (Å²) in [5.41, 5.74) is 2.50. The van der Waals surface area contributed by atoms with E-state index < -0.39 is 5.56 Å². The van der Waals surface area contributed by atoms with E-state index in [1.165, 1.54) is 16.3 Å². The summed E-state index contributed by atoms with van der Waals surface area (Å²) in [4.78, 5) is 28.1. The van der Waals surface area contributed by atoms with Crippen molar-refractivity contribution < 1.29 is 4.79 Å². The number of nitrogens with one attached hydrogen (secondary N) is 1. The lowest BCUT2D eigenvalue weighted by molar-refractivity contribution is -0.122. The van der Waals surface area contributed by atoms with E-state index in [-0.39, 0.29) is 11.5 Å². The third kappa shape index (κ3) is 5.03. The summed E-state index contributed by atoms with van der Waals surface area (Å²) in [5.74, 6) is 0.271. The molecule has 1 aliphatic heterocycles. The molecule has 6 nitrogen and oxygen atoms in total. The number of aromatic nitrogens is 1. The summed E-state index contributed by atoms with van der Waals surface area (Å²) < 4.78 is 1.84. The van der Waals surface area contributed by atoms with Gasteiger partial charge in [-0.3, -0.25) is 19.1 Å². The number of benzene rings is 2. The maximum atomic E-state index is 13.3. The lowest BCUT2D eigenvalue weighted by atomic mass is 10.0. The number of carbonyl (C=O) groups excluding carboxylic acids is 1. The summed E-state index contributed by atoms with van der Waals surface area (Å²) in [6.07, 6.45) is 1.70. The normalized spacial score (nSPS) is 14.5. The molecule has 0 unspecified atom stereocenters. The van der Waals surface area contributed by atoms with Crippen LogP contribution in [-0.2, 0) is 24.9 Å².